The van der Waals surface area contributed by atoms with Gasteiger partial charge < -0.3 is 14.8 Å². The Labute approximate surface area is 118 Å². The molecule has 20 heavy (non-hydrogen) atoms. The molecule has 103 valence electrons. The van der Waals surface area contributed by atoms with Crippen molar-refractivity contribution >= 4 is 5.91 Å². The summed E-state index contributed by atoms with van der Waals surface area (Å²) in [5, 5.41) is 2.85. The van der Waals surface area contributed by atoms with Gasteiger partial charge in [-0.25, -0.2) is 0 Å². The normalized spacial score (nSPS) is 9.90. The maximum absolute atomic E-state index is 12.1. The first kappa shape index (κ1) is 13.9. The van der Waals surface area contributed by atoms with Crippen molar-refractivity contribution in [3.05, 3.63) is 59.7 Å². The largest absolute Gasteiger partial charge is 0.493 e. The zero-order chi connectivity index (χ0) is 14.4. The van der Waals surface area contributed by atoms with Crippen molar-refractivity contribution in [3.63, 3.8) is 0 Å². The molecule has 0 fully saturated rings. The molecule has 4 heteroatoms. The number of ether oxygens (including phenoxy) is 2. The van der Waals surface area contributed by atoms with Gasteiger partial charge in [0.1, 0.15) is 0 Å². The van der Waals surface area contributed by atoms with E-state index in [2.05, 4.69) is 11.4 Å². The molecule has 4 nitrogen and oxygen atoms in total. The van der Waals surface area contributed by atoms with Gasteiger partial charge in [0.2, 0.25) is 0 Å². The monoisotopic (exact) mass is 270 g/mol. The molecule has 0 aliphatic rings. The highest BCUT2D eigenvalue weighted by Crippen LogP contribution is 2.27. The molecule has 0 atom stereocenters. The standard InChI is InChI=1S/C16H16NO3/c1-19-14-9-8-13(10-15(14)20-2)16(18)17-11-12-6-4-3-5-7-12/h3-4,6-10H,11H2,1-2H3,(H,17,18). The number of amides is 1. The second-order valence-electron chi connectivity index (χ2n) is 4.16. The molecule has 2 rings (SSSR count). The maximum Gasteiger partial charge on any atom is 0.251 e. The lowest BCUT2D eigenvalue weighted by atomic mass is 10.1. The molecular weight excluding hydrogens is 254 g/mol. The molecule has 2 aromatic carbocycles. The molecule has 0 heterocycles. The van der Waals surface area contributed by atoms with Crippen LogP contribution in [-0.4, -0.2) is 20.1 Å². The fraction of sp³-hybridized carbons (Fsp3) is 0.188. The second kappa shape index (κ2) is 6.61. The summed E-state index contributed by atoms with van der Waals surface area (Å²) in [5.74, 6) is 0.977. The Bertz CT molecular complexity index is 582. The van der Waals surface area contributed by atoms with E-state index in [4.69, 9.17) is 9.47 Å². The number of rotatable bonds is 5. The van der Waals surface area contributed by atoms with Crippen LogP contribution in [0, 0.1) is 6.07 Å². The van der Waals surface area contributed by atoms with Gasteiger partial charge in [-0.05, 0) is 35.9 Å². The number of nitrogens with one attached hydrogen (secondary N) is 1. The summed E-state index contributed by atoms with van der Waals surface area (Å²) < 4.78 is 10.3. The predicted octanol–water partition coefficient (Wildman–Crippen LogP) is 2.43. The third kappa shape index (κ3) is 3.29. The molecule has 0 saturated heterocycles. The summed E-state index contributed by atoms with van der Waals surface area (Å²) in [6.45, 7) is 0.463. The molecule has 0 bridgehead atoms. The summed E-state index contributed by atoms with van der Waals surface area (Å²) >= 11 is 0. The zero-order valence-electron chi connectivity index (χ0n) is 11.5. The Hall–Kier alpha value is -2.49. The summed E-state index contributed by atoms with van der Waals surface area (Å²) in [6.07, 6.45) is 0. The summed E-state index contributed by atoms with van der Waals surface area (Å²) in [5.41, 5.74) is 1.53. The number of hydrogen-bond acceptors (Lipinski definition) is 3. The Morgan fingerprint density at radius 3 is 2.65 bits per heavy atom. The lowest BCUT2D eigenvalue weighted by Gasteiger charge is -2.10. The van der Waals surface area contributed by atoms with E-state index in [1.807, 2.05) is 24.3 Å². The van der Waals surface area contributed by atoms with Crippen LogP contribution in [0.2, 0.25) is 0 Å². The molecule has 1 radical (unpaired) electrons. The van der Waals surface area contributed by atoms with Gasteiger partial charge in [0.15, 0.2) is 11.5 Å². The van der Waals surface area contributed by atoms with E-state index in [9.17, 15) is 4.79 Å². The average molecular weight is 270 g/mol. The van der Waals surface area contributed by atoms with Crippen LogP contribution < -0.4 is 14.8 Å². The highest BCUT2D eigenvalue weighted by atomic mass is 16.5. The van der Waals surface area contributed by atoms with E-state index in [1.54, 1.807) is 32.4 Å². The predicted molar refractivity (Wildman–Crippen MR) is 76.0 cm³/mol. The minimum absolute atomic E-state index is 0.158. The van der Waals surface area contributed by atoms with Crippen molar-refractivity contribution in [2.24, 2.45) is 0 Å². The van der Waals surface area contributed by atoms with Crippen molar-refractivity contribution < 1.29 is 14.3 Å². The molecule has 2 aromatic rings. The van der Waals surface area contributed by atoms with Crippen molar-refractivity contribution in [3.8, 4) is 11.5 Å². The van der Waals surface area contributed by atoms with Crippen molar-refractivity contribution in [1.29, 1.82) is 0 Å². The van der Waals surface area contributed by atoms with Gasteiger partial charge in [0, 0.05) is 12.1 Å². The number of methoxy groups -OCH3 is 2. The van der Waals surface area contributed by atoms with Crippen LogP contribution in [0.3, 0.4) is 0 Å². The quantitative estimate of drug-likeness (QED) is 0.907. The van der Waals surface area contributed by atoms with Gasteiger partial charge in [0.05, 0.1) is 14.2 Å². The Morgan fingerprint density at radius 1 is 1.20 bits per heavy atom. The molecule has 0 aliphatic heterocycles. The highest BCUT2D eigenvalue weighted by molar-refractivity contribution is 5.94. The van der Waals surface area contributed by atoms with E-state index in [-0.39, 0.29) is 5.91 Å². The molecular formula is C16H16NO3. The summed E-state index contributed by atoms with van der Waals surface area (Å²) in [6, 6.07) is 15.5. The number of hydrogen-bond donors (Lipinski definition) is 1. The average Bonchev–Trinajstić information content (AvgIpc) is 2.52. The van der Waals surface area contributed by atoms with Crippen LogP contribution in [-0.2, 0) is 6.54 Å². The Kier molecular flexibility index (Phi) is 4.60. The van der Waals surface area contributed by atoms with Gasteiger partial charge >= 0.3 is 0 Å². The highest BCUT2D eigenvalue weighted by Gasteiger charge is 2.10. The summed E-state index contributed by atoms with van der Waals surface area (Å²) in [7, 11) is 3.10. The van der Waals surface area contributed by atoms with E-state index >= 15 is 0 Å². The minimum Gasteiger partial charge on any atom is -0.493 e. The van der Waals surface area contributed by atoms with Crippen LogP contribution >= 0.6 is 0 Å². The number of benzene rings is 2. The fourth-order valence-electron chi connectivity index (χ4n) is 1.80. The van der Waals surface area contributed by atoms with E-state index < -0.39 is 0 Å². The van der Waals surface area contributed by atoms with Crippen LogP contribution in [0.1, 0.15) is 15.9 Å². The first-order valence-corrected chi connectivity index (χ1v) is 6.20. The fourth-order valence-corrected chi connectivity index (χ4v) is 1.80. The van der Waals surface area contributed by atoms with Crippen molar-refractivity contribution in [2.45, 2.75) is 6.54 Å². The zero-order valence-corrected chi connectivity index (χ0v) is 11.5. The third-order valence-electron chi connectivity index (χ3n) is 2.87. The number of carbonyl (C=O) groups is 1. The van der Waals surface area contributed by atoms with Gasteiger partial charge in [-0.2, -0.15) is 0 Å². The second-order valence-corrected chi connectivity index (χ2v) is 4.16. The lowest BCUT2D eigenvalue weighted by molar-refractivity contribution is 0.0950. The molecule has 0 spiro atoms. The first-order valence-electron chi connectivity index (χ1n) is 6.20. The molecule has 0 unspecified atom stereocenters. The smallest absolute Gasteiger partial charge is 0.251 e. The SMILES string of the molecule is COc1ccc(C(=O)NCc2c[c]ccc2)cc1OC. The van der Waals surface area contributed by atoms with Gasteiger partial charge in [-0.3, -0.25) is 4.79 Å². The van der Waals surface area contributed by atoms with Crippen molar-refractivity contribution in [2.75, 3.05) is 14.2 Å². The molecule has 1 N–H and O–H groups in total. The van der Waals surface area contributed by atoms with E-state index in [1.165, 1.54) is 0 Å². The van der Waals surface area contributed by atoms with Crippen molar-refractivity contribution in [1.82, 2.24) is 5.32 Å². The molecule has 0 aromatic heterocycles. The third-order valence-corrected chi connectivity index (χ3v) is 2.87. The minimum atomic E-state index is -0.158. The first-order chi connectivity index (χ1) is 9.74. The molecule has 1 amide bonds. The van der Waals surface area contributed by atoms with E-state index in [0.29, 0.717) is 23.6 Å². The summed E-state index contributed by atoms with van der Waals surface area (Å²) in [4.78, 5) is 12.1. The van der Waals surface area contributed by atoms with Crippen LogP contribution in [0.25, 0.3) is 0 Å². The lowest BCUT2D eigenvalue weighted by Crippen LogP contribution is -2.22. The van der Waals surface area contributed by atoms with Gasteiger partial charge in [0.25, 0.3) is 5.91 Å². The van der Waals surface area contributed by atoms with Gasteiger partial charge in [-0.1, -0.05) is 18.2 Å². The van der Waals surface area contributed by atoms with Crippen LogP contribution in [0.4, 0.5) is 0 Å². The number of carbonyl (C=O) groups excluding carboxylic acids is 1. The van der Waals surface area contributed by atoms with Crippen LogP contribution in [0.5, 0.6) is 11.5 Å². The molecule has 0 saturated carbocycles. The molecule has 0 aliphatic carbocycles. The Morgan fingerprint density at radius 2 is 2.00 bits per heavy atom. The Balaban J connectivity index is 2.06. The topological polar surface area (TPSA) is 47.6 Å². The van der Waals surface area contributed by atoms with E-state index in [0.717, 1.165) is 5.56 Å². The maximum atomic E-state index is 12.1. The van der Waals surface area contributed by atoms with Crippen LogP contribution in [0.15, 0.2) is 42.5 Å². The van der Waals surface area contributed by atoms with Gasteiger partial charge in [-0.15, -0.1) is 0 Å².